The standard InChI is InChI=1S/C13H14N2O3/c1-7(2)15-12(17)10-9(6-16)5-4-8(3)11(10)14-13(15)18/h4-5,7,10H,1-3H3,(H,14,18). The van der Waals surface area contributed by atoms with E-state index in [1.807, 2.05) is 0 Å². The topological polar surface area (TPSA) is 66.5 Å². The Balaban J connectivity index is 2.53. The maximum atomic E-state index is 12.3. The molecule has 5 nitrogen and oxygen atoms in total. The fraction of sp³-hybridized carbons (Fsp3) is 0.385. The number of allylic oxidation sites excluding steroid dienone is 3. The van der Waals surface area contributed by atoms with Crippen LogP contribution in [0.1, 0.15) is 20.8 Å². The number of urea groups is 1. The van der Waals surface area contributed by atoms with Crippen molar-refractivity contribution in [1.82, 2.24) is 10.2 Å². The Morgan fingerprint density at radius 2 is 2.00 bits per heavy atom. The first kappa shape index (κ1) is 12.3. The first-order valence-electron chi connectivity index (χ1n) is 5.75. The average molecular weight is 246 g/mol. The molecule has 0 spiro atoms. The Morgan fingerprint density at radius 3 is 2.56 bits per heavy atom. The monoisotopic (exact) mass is 246 g/mol. The minimum absolute atomic E-state index is 0.252. The quantitative estimate of drug-likeness (QED) is 0.706. The molecule has 3 amide bonds. The van der Waals surface area contributed by atoms with E-state index >= 15 is 0 Å². The molecule has 0 aromatic heterocycles. The Kier molecular flexibility index (Phi) is 2.93. The van der Waals surface area contributed by atoms with E-state index in [-0.39, 0.29) is 17.5 Å². The van der Waals surface area contributed by atoms with Gasteiger partial charge in [0.05, 0.1) is 5.57 Å². The van der Waals surface area contributed by atoms with E-state index in [1.165, 1.54) is 0 Å². The van der Waals surface area contributed by atoms with Gasteiger partial charge < -0.3 is 5.32 Å². The SMILES string of the molecule is CC1=C2NC(=O)N(C(C)C)C(=O)C2C(=C=O)C=C1. The van der Waals surface area contributed by atoms with Crippen molar-refractivity contribution in [2.24, 2.45) is 5.92 Å². The van der Waals surface area contributed by atoms with Gasteiger partial charge in [-0.25, -0.2) is 9.59 Å². The highest BCUT2D eigenvalue weighted by atomic mass is 16.2. The Hall–Kier alpha value is -2.13. The first-order valence-corrected chi connectivity index (χ1v) is 5.75. The van der Waals surface area contributed by atoms with Crippen molar-refractivity contribution in [3.8, 4) is 0 Å². The van der Waals surface area contributed by atoms with Crippen LogP contribution < -0.4 is 5.32 Å². The van der Waals surface area contributed by atoms with Gasteiger partial charge in [0.2, 0.25) is 5.91 Å². The van der Waals surface area contributed by atoms with Crippen LogP contribution in [0.4, 0.5) is 4.79 Å². The van der Waals surface area contributed by atoms with Gasteiger partial charge in [0, 0.05) is 11.7 Å². The zero-order valence-corrected chi connectivity index (χ0v) is 10.5. The highest BCUT2D eigenvalue weighted by Gasteiger charge is 2.42. The van der Waals surface area contributed by atoms with Crippen molar-refractivity contribution in [3.05, 3.63) is 29.0 Å². The normalized spacial score (nSPS) is 23.2. The molecule has 0 aromatic rings. The third-order valence-corrected chi connectivity index (χ3v) is 3.12. The second-order valence-corrected chi connectivity index (χ2v) is 4.65. The third kappa shape index (κ3) is 1.69. The lowest BCUT2D eigenvalue weighted by Gasteiger charge is -2.37. The van der Waals surface area contributed by atoms with Gasteiger partial charge in [-0.3, -0.25) is 9.69 Å². The van der Waals surface area contributed by atoms with Crippen molar-refractivity contribution < 1.29 is 14.4 Å². The molecule has 1 saturated heterocycles. The molecule has 0 saturated carbocycles. The fourth-order valence-electron chi connectivity index (χ4n) is 2.21. The molecule has 1 unspecified atom stereocenters. The molecule has 1 aliphatic carbocycles. The van der Waals surface area contributed by atoms with Gasteiger partial charge in [-0.2, -0.15) is 0 Å². The lowest BCUT2D eigenvalue weighted by molar-refractivity contribution is -0.132. The summed E-state index contributed by atoms with van der Waals surface area (Å²) in [4.78, 5) is 36.2. The van der Waals surface area contributed by atoms with E-state index < -0.39 is 11.9 Å². The van der Waals surface area contributed by atoms with E-state index in [0.29, 0.717) is 5.70 Å². The summed E-state index contributed by atoms with van der Waals surface area (Å²) in [5.41, 5.74) is 1.53. The van der Waals surface area contributed by atoms with Crippen LogP contribution in [0, 0.1) is 5.92 Å². The highest BCUT2D eigenvalue weighted by molar-refractivity contribution is 6.04. The van der Waals surface area contributed by atoms with E-state index in [4.69, 9.17) is 0 Å². The van der Waals surface area contributed by atoms with Gasteiger partial charge in [0.15, 0.2) is 0 Å². The summed E-state index contributed by atoms with van der Waals surface area (Å²) in [6, 6.07) is -0.695. The summed E-state index contributed by atoms with van der Waals surface area (Å²) < 4.78 is 0. The molecule has 1 fully saturated rings. The summed E-state index contributed by atoms with van der Waals surface area (Å²) in [6.07, 6.45) is 3.27. The van der Waals surface area contributed by atoms with Crippen LogP contribution in [-0.2, 0) is 9.59 Å². The molecule has 0 bridgehead atoms. The minimum atomic E-state index is -0.729. The van der Waals surface area contributed by atoms with Gasteiger partial charge in [0.25, 0.3) is 0 Å². The van der Waals surface area contributed by atoms with E-state index in [9.17, 15) is 14.4 Å². The number of fused-ring (bicyclic) bond motifs is 1. The van der Waals surface area contributed by atoms with Crippen molar-refractivity contribution in [2.45, 2.75) is 26.8 Å². The van der Waals surface area contributed by atoms with Gasteiger partial charge in [0.1, 0.15) is 11.9 Å². The zero-order chi connectivity index (χ0) is 13.4. The second kappa shape index (κ2) is 4.27. The smallest absolute Gasteiger partial charge is 0.310 e. The molecular formula is C13H14N2O3. The number of imide groups is 1. The fourth-order valence-corrected chi connectivity index (χ4v) is 2.21. The summed E-state index contributed by atoms with van der Waals surface area (Å²) >= 11 is 0. The van der Waals surface area contributed by atoms with Crippen molar-refractivity contribution >= 4 is 17.9 Å². The van der Waals surface area contributed by atoms with Crippen LogP contribution in [-0.4, -0.2) is 28.8 Å². The van der Waals surface area contributed by atoms with Crippen LogP contribution in [0.25, 0.3) is 0 Å². The molecule has 0 radical (unpaired) electrons. The van der Waals surface area contributed by atoms with Crippen LogP contribution in [0.15, 0.2) is 29.0 Å². The molecule has 1 heterocycles. The van der Waals surface area contributed by atoms with Gasteiger partial charge in [-0.1, -0.05) is 6.08 Å². The largest absolute Gasteiger partial charge is 0.328 e. The van der Waals surface area contributed by atoms with Gasteiger partial charge in [-0.15, -0.1) is 0 Å². The summed E-state index contributed by atoms with van der Waals surface area (Å²) in [6.45, 7) is 5.29. The van der Waals surface area contributed by atoms with Crippen LogP contribution in [0.3, 0.4) is 0 Å². The maximum absolute atomic E-state index is 12.3. The molecule has 18 heavy (non-hydrogen) atoms. The molecule has 1 aliphatic heterocycles. The number of carbonyl (C=O) groups excluding carboxylic acids is 3. The number of nitrogens with zero attached hydrogens (tertiary/aromatic N) is 1. The van der Waals surface area contributed by atoms with Crippen molar-refractivity contribution in [1.29, 1.82) is 0 Å². The van der Waals surface area contributed by atoms with E-state index in [0.717, 1.165) is 10.5 Å². The number of hydrogen-bond donors (Lipinski definition) is 1. The Morgan fingerprint density at radius 1 is 1.33 bits per heavy atom. The summed E-state index contributed by atoms with van der Waals surface area (Å²) in [5.74, 6) is 0.677. The highest BCUT2D eigenvalue weighted by Crippen LogP contribution is 2.31. The first-order chi connectivity index (χ1) is 8.47. The molecule has 0 aromatic carbocycles. The van der Waals surface area contributed by atoms with E-state index in [1.54, 1.807) is 38.9 Å². The predicted molar refractivity (Wildman–Crippen MR) is 65.1 cm³/mol. The number of carbonyl (C=O) groups is 2. The molecule has 5 heteroatoms. The van der Waals surface area contributed by atoms with Crippen molar-refractivity contribution in [3.63, 3.8) is 0 Å². The van der Waals surface area contributed by atoms with Crippen LogP contribution in [0.5, 0.6) is 0 Å². The van der Waals surface area contributed by atoms with Gasteiger partial charge in [-0.05, 0) is 32.4 Å². The second-order valence-electron chi connectivity index (χ2n) is 4.65. The van der Waals surface area contributed by atoms with E-state index in [2.05, 4.69) is 5.32 Å². The van der Waals surface area contributed by atoms with Crippen LogP contribution in [0.2, 0.25) is 0 Å². The zero-order valence-electron chi connectivity index (χ0n) is 10.5. The Bertz CT molecular complexity index is 536. The number of nitrogens with one attached hydrogen (secondary N) is 1. The predicted octanol–water partition coefficient (Wildman–Crippen LogP) is 1.16. The molecule has 2 aliphatic rings. The third-order valence-electron chi connectivity index (χ3n) is 3.12. The average Bonchev–Trinajstić information content (AvgIpc) is 2.30. The number of rotatable bonds is 1. The molecule has 2 rings (SSSR count). The summed E-state index contributed by atoms with van der Waals surface area (Å²) in [7, 11) is 0. The van der Waals surface area contributed by atoms with Gasteiger partial charge >= 0.3 is 6.03 Å². The molecule has 1 atom stereocenters. The number of amides is 3. The van der Waals surface area contributed by atoms with Crippen molar-refractivity contribution in [2.75, 3.05) is 0 Å². The molecular weight excluding hydrogens is 232 g/mol. The molecule has 94 valence electrons. The van der Waals surface area contributed by atoms with Crippen LogP contribution >= 0.6 is 0 Å². The minimum Gasteiger partial charge on any atom is -0.310 e. The molecule has 1 N–H and O–H groups in total. The lowest BCUT2D eigenvalue weighted by Crippen LogP contribution is -2.57. The number of hydrogen-bond acceptors (Lipinski definition) is 3. The summed E-state index contributed by atoms with van der Waals surface area (Å²) in [5, 5.41) is 2.69. The maximum Gasteiger partial charge on any atom is 0.328 e. The Labute approximate surface area is 105 Å². The lowest BCUT2D eigenvalue weighted by atomic mass is 9.86.